The number of nitrogens with zero attached hydrogens (tertiary/aromatic N) is 2. The van der Waals surface area contributed by atoms with Gasteiger partial charge in [0.05, 0.1) is 18.0 Å². The van der Waals surface area contributed by atoms with Gasteiger partial charge in [-0.1, -0.05) is 23.7 Å². The van der Waals surface area contributed by atoms with E-state index in [0.29, 0.717) is 5.02 Å². The van der Waals surface area contributed by atoms with E-state index in [1.807, 2.05) is 18.2 Å². The minimum Gasteiger partial charge on any atom is -0.365 e. The summed E-state index contributed by atoms with van der Waals surface area (Å²) in [5, 5.41) is 12.9. The predicted octanol–water partition coefficient (Wildman–Crippen LogP) is 4.17. The maximum atomic E-state index is 9.21. The number of hydrogen-bond donors (Lipinski definition) is 1. The molecule has 0 fully saturated rings. The molecule has 18 heavy (non-hydrogen) atoms. The van der Waals surface area contributed by atoms with Crippen LogP contribution in [-0.4, -0.2) is 4.98 Å². The molecule has 0 saturated carbocycles. The minimum atomic E-state index is -0.459. The molecule has 1 atom stereocenters. The summed E-state index contributed by atoms with van der Waals surface area (Å²) in [4.78, 5) is 4.04. The predicted molar refractivity (Wildman–Crippen MR) is 75.4 cm³/mol. The molecule has 0 aliphatic heterocycles. The first-order chi connectivity index (χ1) is 8.69. The summed E-state index contributed by atoms with van der Waals surface area (Å²) in [6.07, 6.45) is 3.35. The number of aromatic nitrogens is 1. The van der Waals surface area contributed by atoms with E-state index in [1.54, 1.807) is 24.5 Å². The van der Waals surface area contributed by atoms with Crippen LogP contribution >= 0.6 is 27.5 Å². The number of pyridine rings is 1. The number of nitriles is 1. The van der Waals surface area contributed by atoms with Crippen molar-refractivity contribution in [2.75, 3.05) is 5.32 Å². The lowest BCUT2D eigenvalue weighted by Gasteiger charge is -2.13. The van der Waals surface area contributed by atoms with E-state index in [4.69, 9.17) is 11.6 Å². The van der Waals surface area contributed by atoms with E-state index in [1.165, 1.54) is 0 Å². The third kappa shape index (κ3) is 3.22. The fourth-order valence-corrected chi connectivity index (χ4v) is 2.10. The van der Waals surface area contributed by atoms with Gasteiger partial charge in [0.25, 0.3) is 0 Å². The molecule has 0 radical (unpaired) electrons. The number of nitrogens with one attached hydrogen (secondary N) is 1. The van der Waals surface area contributed by atoms with Crippen molar-refractivity contribution in [3.8, 4) is 6.07 Å². The van der Waals surface area contributed by atoms with Gasteiger partial charge in [-0.25, -0.2) is 0 Å². The van der Waals surface area contributed by atoms with E-state index >= 15 is 0 Å². The zero-order chi connectivity index (χ0) is 13.0. The Labute approximate surface area is 119 Å². The lowest BCUT2D eigenvalue weighted by atomic mass is 10.1. The van der Waals surface area contributed by atoms with Gasteiger partial charge in [-0.15, -0.1) is 0 Å². The largest absolute Gasteiger partial charge is 0.365 e. The van der Waals surface area contributed by atoms with E-state index in [-0.39, 0.29) is 0 Å². The Morgan fingerprint density at radius 2 is 2.17 bits per heavy atom. The summed E-state index contributed by atoms with van der Waals surface area (Å²) < 4.78 is 0.857. The van der Waals surface area contributed by atoms with Gasteiger partial charge in [0, 0.05) is 15.7 Å². The molecule has 1 N–H and O–H groups in total. The van der Waals surface area contributed by atoms with Gasteiger partial charge in [0.15, 0.2) is 0 Å². The van der Waals surface area contributed by atoms with Gasteiger partial charge in [-0.05, 0) is 39.7 Å². The third-order valence-electron chi connectivity index (χ3n) is 2.33. The number of rotatable bonds is 3. The Balaban J connectivity index is 2.23. The second-order valence-corrected chi connectivity index (χ2v) is 5.01. The van der Waals surface area contributed by atoms with Gasteiger partial charge < -0.3 is 5.32 Å². The highest BCUT2D eigenvalue weighted by atomic mass is 79.9. The van der Waals surface area contributed by atoms with Gasteiger partial charge in [0.2, 0.25) is 0 Å². The Morgan fingerprint density at radius 3 is 2.83 bits per heavy atom. The van der Waals surface area contributed by atoms with Crippen molar-refractivity contribution in [3.63, 3.8) is 0 Å². The monoisotopic (exact) mass is 321 g/mol. The number of anilines is 1. The van der Waals surface area contributed by atoms with Crippen molar-refractivity contribution in [2.24, 2.45) is 0 Å². The van der Waals surface area contributed by atoms with Crippen LogP contribution in [0.5, 0.6) is 0 Å². The fourth-order valence-electron chi connectivity index (χ4n) is 1.53. The molecule has 0 saturated heterocycles. The number of halogens is 2. The summed E-state index contributed by atoms with van der Waals surface area (Å²) in [7, 11) is 0. The van der Waals surface area contributed by atoms with E-state index in [2.05, 4.69) is 32.3 Å². The summed E-state index contributed by atoms with van der Waals surface area (Å²) in [5.74, 6) is 0. The van der Waals surface area contributed by atoms with Gasteiger partial charge in [-0.3, -0.25) is 4.98 Å². The van der Waals surface area contributed by atoms with Gasteiger partial charge >= 0.3 is 0 Å². The molecule has 1 aromatic carbocycles. The SMILES string of the molecule is N#CC(Nc1cncc(Br)c1)c1cccc(Cl)c1. The maximum Gasteiger partial charge on any atom is 0.140 e. The molecule has 0 bridgehead atoms. The Morgan fingerprint density at radius 1 is 1.33 bits per heavy atom. The van der Waals surface area contributed by atoms with Crippen molar-refractivity contribution in [1.82, 2.24) is 4.98 Å². The Hall–Kier alpha value is -1.57. The van der Waals surface area contributed by atoms with Crippen molar-refractivity contribution < 1.29 is 0 Å². The van der Waals surface area contributed by atoms with Crippen molar-refractivity contribution >= 4 is 33.2 Å². The minimum absolute atomic E-state index is 0.459. The highest BCUT2D eigenvalue weighted by Gasteiger charge is 2.10. The first-order valence-corrected chi connectivity index (χ1v) is 6.38. The molecule has 1 unspecified atom stereocenters. The molecule has 0 spiro atoms. The van der Waals surface area contributed by atoms with E-state index in [9.17, 15) is 5.26 Å². The van der Waals surface area contributed by atoms with Crippen LogP contribution in [0, 0.1) is 11.3 Å². The van der Waals surface area contributed by atoms with E-state index < -0.39 is 6.04 Å². The zero-order valence-corrected chi connectivity index (χ0v) is 11.6. The van der Waals surface area contributed by atoms with Crippen LogP contribution in [0.1, 0.15) is 11.6 Å². The van der Waals surface area contributed by atoms with Crippen molar-refractivity contribution in [3.05, 3.63) is 57.8 Å². The van der Waals surface area contributed by atoms with Crippen LogP contribution in [0.2, 0.25) is 5.02 Å². The normalized spacial score (nSPS) is 11.6. The first kappa shape index (κ1) is 12.9. The second kappa shape index (κ2) is 5.85. The van der Waals surface area contributed by atoms with Crippen molar-refractivity contribution in [2.45, 2.75) is 6.04 Å². The molecular formula is C13H9BrClN3. The molecule has 2 aromatic rings. The van der Waals surface area contributed by atoms with Crippen LogP contribution in [0.25, 0.3) is 0 Å². The highest BCUT2D eigenvalue weighted by Crippen LogP contribution is 2.22. The molecule has 0 aliphatic rings. The quantitative estimate of drug-likeness (QED) is 0.922. The van der Waals surface area contributed by atoms with Crippen LogP contribution in [0.15, 0.2) is 47.2 Å². The van der Waals surface area contributed by atoms with Crippen LogP contribution in [0.3, 0.4) is 0 Å². The lowest BCUT2D eigenvalue weighted by molar-refractivity contribution is 0.993. The Kier molecular flexibility index (Phi) is 4.19. The Bertz CT molecular complexity index is 595. The van der Waals surface area contributed by atoms with Crippen LogP contribution in [0.4, 0.5) is 5.69 Å². The molecule has 1 aromatic heterocycles. The van der Waals surface area contributed by atoms with E-state index in [0.717, 1.165) is 15.7 Å². The molecule has 1 heterocycles. The topological polar surface area (TPSA) is 48.7 Å². The summed E-state index contributed by atoms with van der Waals surface area (Å²) in [6.45, 7) is 0. The fraction of sp³-hybridized carbons (Fsp3) is 0.0769. The summed E-state index contributed by atoms with van der Waals surface area (Å²) in [5.41, 5.74) is 1.60. The number of hydrogen-bond acceptors (Lipinski definition) is 3. The highest BCUT2D eigenvalue weighted by molar-refractivity contribution is 9.10. The molecule has 2 rings (SSSR count). The van der Waals surface area contributed by atoms with Crippen molar-refractivity contribution in [1.29, 1.82) is 5.26 Å². The first-order valence-electron chi connectivity index (χ1n) is 5.21. The standard InChI is InChI=1S/C13H9BrClN3/c14-10-5-12(8-17-7-10)18-13(6-16)9-2-1-3-11(15)4-9/h1-5,7-8,13,18H. The van der Waals surface area contributed by atoms with Crippen LogP contribution in [-0.2, 0) is 0 Å². The summed E-state index contributed by atoms with van der Waals surface area (Å²) >= 11 is 9.25. The average Bonchev–Trinajstić information content (AvgIpc) is 2.36. The molecule has 3 nitrogen and oxygen atoms in total. The zero-order valence-electron chi connectivity index (χ0n) is 9.27. The summed E-state index contributed by atoms with van der Waals surface area (Å²) in [6, 6.07) is 10.8. The van der Waals surface area contributed by atoms with Gasteiger partial charge in [-0.2, -0.15) is 5.26 Å². The molecule has 90 valence electrons. The lowest BCUT2D eigenvalue weighted by Crippen LogP contribution is -2.08. The smallest absolute Gasteiger partial charge is 0.140 e. The van der Waals surface area contributed by atoms with Crippen LogP contribution < -0.4 is 5.32 Å². The molecule has 5 heteroatoms. The maximum absolute atomic E-state index is 9.21. The average molecular weight is 323 g/mol. The molecule has 0 aliphatic carbocycles. The van der Waals surface area contributed by atoms with Gasteiger partial charge in [0.1, 0.15) is 6.04 Å². The molecular weight excluding hydrogens is 314 g/mol. The third-order valence-corrected chi connectivity index (χ3v) is 3.00. The molecule has 0 amide bonds. The second-order valence-electron chi connectivity index (χ2n) is 3.65. The number of benzene rings is 1.